The summed E-state index contributed by atoms with van der Waals surface area (Å²) in [5.41, 5.74) is 2.79. The number of hydrogen-bond acceptors (Lipinski definition) is 16. The standard InChI is InChI=1S/C54H67ClF2N10O11S/c1-31(33-10-12-34(13-11-33)47-32(2)59-30-79-47)60-50(72)39-26-35(68)28-67(39)51(73)48(54(3,4)5)61-41(70)29-78-25-24-77-23-22-76-21-20-64(6)42(71)14-15-58-52-62-46-36(49(63-52)65-16-18-66(19-17-65)53(74)75)27-37(55)43(45(46)57)44-38(56)8-7-9-40(44)69/h7-13,27,30-31,35,39,48,68-69H,14-26,28-29H2,1-6H3,(H,60,72)(H,61,70)(H,74,75)(H,58,62,63)/t31-,35+,39-,48+/m0/s1. The van der Waals surface area contributed by atoms with Gasteiger partial charge in [-0.3, -0.25) is 19.2 Å². The number of aliphatic hydroxyl groups excluding tert-OH is 1. The first-order valence-electron chi connectivity index (χ1n) is 25.8. The molecule has 0 radical (unpaired) electrons. The molecule has 2 saturated heterocycles. The fourth-order valence-electron chi connectivity index (χ4n) is 9.22. The first-order chi connectivity index (χ1) is 37.6. The van der Waals surface area contributed by atoms with E-state index in [-0.39, 0.29) is 138 Å². The number of carboxylic acid groups (broad SMARTS) is 1. The predicted molar refractivity (Wildman–Crippen MR) is 293 cm³/mol. The summed E-state index contributed by atoms with van der Waals surface area (Å²) in [6.07, 6.45) is -1.96. The van der Waals surface area contributed by atoms with E-state index in [4.69, 9.17) is 25.8 Å². The van der Waals surface area contributed by atoms with E-state index in [1.807, 2.05) is 38.1 Å². The van der Waals surface area contributed by atoms with Gasteiger partial charge in [0.25, 0.3) is 0 Å². The highest BCUT2D eigenvalue weighted by Crippen LogP contribution is 2.43. The lowest BCUT2D eigenvalue weighted by molar-refractivity contribution is -0.144. The Kier molecular flexibility index (Phi) is 20.4. The zero-order valence-corrected chi connectivity index (χ0v) is 46.5. The number of phenols is 1. The van der Waals surface area contributed by atoms with Gasteiger partial charge in [0.1, 0.15) is 41.6 Å². The van der Waals surface area contributed by atoms with Crippen molar-refractivity contribution < 1.29 is 62.3 Å². The number of carbonyl (C=O) groups excluding carboxylic acids is 4. The van der Waals surface area contributed by atoms with Crippen molar-refractivity contribution in [3.8, 4) is 27.3 Å². The fourth-order valence-corrected chi connectivity index (χ4v) is 10.3. The molecule has 25 heteroatoms. The third-order valence-electron chi connectivity index (χ3n) is 13.6. The molecule has 5 aromatic rings. The van der Waals surface area contributed by atoms with Gasteiger partial charge in [0.05, 0.1) is 71.8 Å². The number of piperazine rings is 1. The van der Waals surface area contributed by atoms with Crippen LogP contribution in [0.2, 0.25) is 5.02 Å². The molecule has 3 aromatic carbocycles. The van der Waals surface area contributed by atoms with Crippen LogP contribution in [0.1, 0.15) is 57.8 Å². The number of aryl methyl sites for hydroxylation is 1. The number of phenolic OH excluding ortho intramolecular Hbond substituents is 1. The van der Waals surface area contributed by atoms with E-state index < -0.39 is 75.9 Å². The quantitative estimate of drug-likeness (QED) is 0.0420. The average molecular weight is 1140 g/mol. The lowest BCUT2D eigenvalue weighted by atomic mass is 9.85. The molecule has 0 bridgehead atoms. The number of β-amino-alcohol motifs (C(OH)–C–C–N with tert-alkyl or cyclic N) is 1. The van der Waals surface area contributed by atoms with Gasteiger partial charge in [0.2, 0.25) is 29.6 Å². The molecule has 5 amide bonds. The zero-order valence-electron chi connectivity index (χ0n) is 44.9. The van der Waals surface area contributed by atoms with Crippen LogP contribution in [0.3, 0.4) is 0 Å². The van der Waals surface area contributed by atoms with Gasteiger partial charge in [-0.2, -0.15) is 4.98 Å². The fraction of sp³-hybridized carbons (Fsp3) is 0.481. The number of nitrogens with one attached hydrogen (secondary N) is 3. The summed E-state index contributed by atoms with van der Waals surface area (Å²) in [5.74, 6) is -3.95. The number of hydrogen-bond donors (Lipinski definition) is 6. The summed E-state index contributed by atoms with van der Waals surface area (Å²) in [6, 6.07) is 10.4. The van der Waals surface area contributed by atoms with E-state index in [0.29, 0.717) is 0 Å². The normalized spacial score (nSPS) is 16.5. The minimum Gasteiger partial charge on any atom is -0.507 e. The van der Waals surface area contributed by atoms with E-state index in [1.165, 1.54) is 32.9 Å². The average Bonchev–Trinajstić information content (AvgIpc) is 4.13. The lowest BCUT2D eigenvalue weighted by Gasteiger charge is -2.35. The number of nitrogens with zero attached hydrogens (tertiary/aromatic N) is 7. The van der Waals surface area contributed by atoms with Crippen LogP contribution in [-0.4, -0.2) is 185 Å². The number of carbonyl (C=O) groups is 5. The summed E-state index contributed by atoms with van der Waals surface area (Å²) in [5, 5.41) is 39.3. The maximum absolute atomic E-state index is 16.4. The van der Waals surface area contributed by atoms with Crippen molar-refractivity contribution in [3.63, 3.8) is 0 Å². The van der Waals surface area contributed by atoms with Gasteiger partial charge in [-0.05, 0) is 48.6 Å². The van der Waals surface area contributed by atoms with Crippen molar-refractivity contribution in [2.24, 2.45) is 5.41 Å². The van der Waals surface area contributed by atoms with Crippen LogP contribution >= 0.6 is 22.9 Å². The van der Waals surface area contributed by atoms with Crippen molar-refractivity contribution >= 4 is 75.3 Å². The first kappa shape index (κ1) is 59.8. The second-order valence-corrected chi connectivity index (χ2v) is 21.6. The summed E-state index contributed by atoms with van der Waals surface area (Å²) < 4.78 is 48.2. The van der Waals surface area contributed by atoms with Gasteiger partial charge >= 0.3 is 6.09 Å². The summed E-state index contributed by atoms with van der Waals surface area (Å²) >= 11 is 8.09. The van der Waals surface area contributed by atoms with Crippen molar-refractivity contribution in [2.75, 3.05) is 103 Å². The lowest BCUT2D eigenvalue weighted by Crippen LogP contribution is -2.58. The van der Waals surface area contributed by atoms with Gasteiger partial charge in [0.15, 0.2) is 5.82 Å². The number of halogens is 3. The number of benzene rings is 3. The molecule has 4 atom stereocenters. The molecule has 0 unspecified atom stereocenters. The molecular formula is C54H67ClF2N10O11S. The van der Waals surface area contributed by atoms with Crippen LogP contribution in [0.4, 0.5) is 25.3 Å². The number of anilines is 2. The Labute approximate surface area is 465 Å². The van der Waals surface area contributed by atoms with Crippen LogP contribution in [0.5, 0.6) is 5.75 Å². The smallest absolute Gasteiger partial charge is 0.407 e. The molecule has 0 spiro atoms. The highest BCUT2D eigenvalue weighted by Gasteiger charge is 2.45. The van der Waals surface area contributed by atoms with Crippen molar-refractivity contribution in [1.82, 2.24) is 40.3 Å². The van der Waals surface area contributed by atoms with Gasteiger partial charge in [-0.15, -0.1) is 11.3 Å². The van der Waals surface area contributed by atoms with Gasteiger partial charge < -0.3 is 65.1 Å². The predicted octanol–water partition coefficient (Wildman–Crippen LogP) is 5.85. The highest BCUT2D eigenvalue weighted by atomic mass is 35.5. The van der Waals surface area contributed by atoms with Gasteiger partial charge in [-0.1, -0.05) is 62.7 Å². The molecule has 6 N–H and O–H groups in total. The Morgan fingerprint density at radius 3 is 2.27 bits per heavy atom. The van der Waals surface area contributed by atoms with Crippen molar-refractivity contribution in [2.45, 2.75) is 71.7 Å². The van der Waals surface area contributed by atoms with Gasteiger partial charge in [0, 0.05) is 76.7 Å². The number of thiazole rings is 1. The number of amides is 5. The molecule has 2 aliphatic rings. The van der Waals surface area contributed by atoms with E-state index >= 15 is 4.39 Å². The second kappa shape index (κ2) is 26.9. The molecule has 79 heavy (non-hydrogen) atoms. The molecule has 2 aliphatic heterocycles. The Balaban J connectivity index is 0.808. The number of fused-ring (bicyclic) bond motifs is 1. The third kappa shape index (κ3) is 15.1. The van der Waals surface area contributed by atoms with Crippen LogP contribution in [0, 0.1) is 24.0 Å². The molecule has 7 rings (SSSR count). The number of likely N-dealkylation sites (N-methyl/N-ethyl adjacent to an activating group) is 1. The van der Waals surface area contributed by atoms with Crippen LogP contribution < -0.4 is 20.9 Å². The number of aromatic hydroxyl groups is 1. The molecule has 426 valence electrons. The largest absolute Gasteiger partial charge is 0.507 e. The van der Waals surface area contributed by atoms with Crippen LogP contribution in [0.25, 0.3) is 32.5 Å². The minimum atomic E-state index is -1.08. The van der Waals surface area contributed by atoms with Crippen LogP contribution in [-0.2, 0) is 33.4 Å². The van der Waals surface area contributed by atoms with E-state index in [2.05, 4.69) is 30.9 Å². The molecule has 21 nitrogen and oxygen atoms in total. The highest BCUT2D eigenvalue weighted by molar-refractivity contribution is 7.13. The third-order valence-corrected chi connectivity index (χ3v) is 14.9. The molecule has 2 fully saturated rings. The minimum absolute atomic E-state index is 0.0103. The molecule has 2 aromatic heterocycles. The zero-order chi connectivity index (χ0) is 57.1. The summed E-state index contributed by atoms with van der Waals surface area (Å²) in [7, 11) is 1.61. The maximum Gasteiger partial charge on any atom is 0.407 e. The number of aromatic nitrogens is 3. The van der Waals surface area contributed by atoms with E-state index in [0.717, 1.165) is 27.8 Å². The maximum atomic E-state index is 16.4. The number of likely N-dealkylation sites (tertiary alicyclic amines) is 1. The topological polar surface area (TPSA) is 261 Å². The Bertz CT molecular complexity index is 2960. The van der Waals surface area contributed by atoms with Crippen molar-refractivity contribution in [3.05, 3.63) is 82.0 Å². The van der Waals surface area contributed by atoms with Gasteiger partial charge in [-0.25, -0.2) is 23.5 Å². The monoisotopic (exact) mass is 1140 g/mol. The Hall–Kier alpha value is -6.83. The molecule has 4 heterocycles. The SMILES string of the molecule is Cc1ncsc1-c1ccc([C@H](C)NC(=O)[C@@H]2C[C@@H](O)CN2C(=O)[C@@H](NC(=O)COCCOCCOCCN(C)C(=O)CCNc2nc(N3CCN(C(=O)O)CC3)c3cc(Cl)c(-c4c(O)cccc4F)c(F)c3n2)C(C)(C)C)cc1. The van der Waals surface area contributed by atoms with Crippen molar-refractivity contribution in [1.29, 1.82) is 0 Å². The Morgan fingerprint density at radius 2 is 1.62 bits per heavy atom. The molecular weight excluding hydrogens is 1070 g/mol. The number of rotatable bonds is 23. The molecule has 0 saturated carbocycles. The number of ether oxygens (including phenoxy) is 3. The Morgan fingerprint density at radius 1 is 0.937 bits per heavy atom. The number of aliphatic hydroxyl groups is 1. The van der Waals surface area contributed by atoms with E-state index in [1.54, 1.807) is 49.6 Å². The first-order valence-corrected chi connectivity index (χ1v) is 27.1. The van der Waals surface area contributed by atoms with Crippen LogP contribution in [0.15, 0.2) is 54.0 Å². The molecule has 0 aliphatic carbocycles. The van der Waals surface area contributed by atoms with E-state index in [9.17, 15) is 43.7 Å². The second-order valence-electron chi connectivity index (χ2n) is 20.4. The summed E-state index contributed by atoms with van der Waals surface area (Å²) in [4.78, 5) is 85.6. The summed E-state index contributed by atoms with van der Waals surface area (Å²) in [6.45, 7) is 10.6.